The zero-order valence-corrected chi connectivity index (χ0v) is 9.99. The number of carboxylic acid groups (broad SMARTS) is 1. The third kappa shape index (κ3) is 12.9. The van der Waals surface area contributed by atoms with Crippen molar-refractivity contribution in [1.29, 1.82) is 0 Å². The number of carbonyl (C=O) groups is 1. The number of hydrogen-bond donors (Lipinski definition) is 1. The SMILES string of the molecule is CC(C)(C)CCC=CC=CCCC(=O)O. The van der Waals surface area contributed by atoms with Crippen molar-refractivity contribution < 1.29 is 9.90 Å². The van der Waals surface area contributed by atoms with E-state index >= 15 is 0 Å². The van der Waals surface area contributed by atoms with E-state index in [0.29, 0.717) is 11.8 Å². The fraction of sp³-hybridized carbons (Fsp3) is 0.615. The van der Waals surface area contributed by atoms with Gasteiger partial charge in [-0.05, 0) is 24.7 Å². The van der Waals surface area contributed by atoms with Crippen LogP contribution in [-0.2, 0) is 4.79 Å². The molecule has 0 bridgehead atoms. The Hall–Kier alpha value is -1.05. The predicted molar refractivity (Wildman–Crippen MR) is 63.8 cm³/mol. The highest BCUT2D eigenvalue weighted by Gasteiger charge is 2.07. The Bertz CT molecular complexity index is 231. The lowest BCUT2D eigenvalue weighted by molar-refractivity contribution is -0.136. The van der Waals surface area contributed by atoms with Gasteiger partial charge in [0.05, 0.1) is 0 Å². The molecule has 0 aliphatic carbocycles. The Morgan fingerprint density at radius 2 is 1.67 bits per heavy atom. The highest BCUT2D eigenvalue weighted by atomic mass is 16.4. The van der Waals surface area contributed by atoms with Crippen molar-refractivity contribution in [2.45, 2.75) is 46.5 Å². The van der Waals surface area contributed by atoms with Crippen LogP contribution in [0.4, 0.5) is 0 Å². The lowest BCUT2D eigenvalue weighted by Gasteiger charge is -2.15. The highest BCUT2D eigenvalue weighted by molar-refractivity contribution is 5.66. The maximum atomic E-state index is 10.2. The maximum absolute atomic E-state index is 10.2. The Labute approximate surface area is 92.7 Å². The van der Waals surface area contributed by atoms with Crippen LogP contribution in [-0.4, -0.2) is 11.1 Å². The Balaban J connectivity index is 3.50. The fourth-order valence-corrected chi connectivity index (χ4v) is 1.07. The van der Waals surface area contributed by atoms with E-state index in [1.165, 1.54) is 6.42 Å². The van der Waals surface area contributed by atoms with Gasteiger partial charge in [-0.3, -0.25) is 4.79 Å². The minimum absolute atomic E-state index is 0.215. The summed E-state index contributed by atoms with van der Waals surface area (Å²) in [5, 5.41) is 8.39. The van der Waals surface area contributed by atoms with Crippen LogP contribution in [0.25, 0.3) is 0 Å². The van der Waals surface area contributed by atoms with Gasteiger partial charge in [0.15, 0.2) is 0 Å². The molecule has 0 saturated carbocycles. The predicted octanol–water partition coefficient (Wildman–Crippen LogP) is 3.79. The van der Waals surface area contributed by atoms with Crippen LogP contribution in [0.5, 0.6) is 0 Å². The first kappa shape index (κ1) is 13.9. The number of aliphatic carboxylic acids is 1. The molecule has 2 nitrogen and oxygen atoms in total. The van der Waals surface area contributed by atoms with E-state index in [1.807, 2.05) is 18.2 Å². The molecule has 0 amide bonds. The van der Waals surface area contributed by atoms with Gasteiger partial charge >= 0.3 is 5.97 Å². The molecule has 0 saturated heterocycles. The molecule has 0 spiro atoms. The molecule has 86 valence electrons. The van der Waals surface area contributed by atoms with Gasteiger partial charge in [-0.2, -0.15) is 0 Å². The molecule has 1 N–H and O–H groups in total. The lowest BCUT2D eigenvalue weighted by Crippen LogP contribution is -2.02. The average Bonchev–Trinajstić information content (AvgIpc) is 2.07. The number of carboxylic acids is 1. The molecule has 0 aliphatic rings. The van der Waals surface area contributed by atoms with E-state index in [9.17, 15) is 4.79 Å². The van der Waals surface area contributed by atoms with Crippen LogP contribution in [0.3, 0.4) is 0 Å². The van der Waals surface area contributed by atoms with E-state index in [1.54, 1.807) is 0 Å². The third-order valence-electron chi connectivity index (χ3n) is 1.97. The summed E-state index contributed by atoms with van der Waals surface area (Å²) >= 11 is 0. The molecule has 0 aromatic heterocycles. The number of hydrogen-bond acceptors (Lipinski definition) is 1. The Morgan fingerprint density at radius 3 is 2.13 bits per heavy atom. The minimum atomic E-state index is -0.739. The normalized spacial score (nSPS) is 12.7. The quantitative estimate of drug-likeness (QED) is 0.677. The smallest absolute Gasteiger partial charge is 0.303 e. The lowest BCUT2D eigenvalue weighted by atomic mass is 9.90. The zero-order chi connectivity index (χ0) is 11.7. The second-order valence-corrected chi connectivity index (χ2v) is 4.89. The van der Waals surface area contributed by atoms with Gasteiger partial charge in [0.1, 0.15) is 0 Å². The molecule has 0 rings (SSSR count). The molecule has 0 fully saturated rings. The molecular formula is C13H22O2. The number of allylic oxidation sites excluding steroid dienone is 4. The summed E-state index contributed by atoms with van der Waals surface area (Å²) in [5.41, 5.74) is 0.386. The van der Waals surface area contributed by atoms with Gasteiger partial charge < -0.3 is 5.11 Å². The van der Waals surface area contributed by atoms with Crippen LogP contribution in [0.1, 0.15) is 46.5 Å². The van der Waals surface area contributed by atoms with Crippen molar-refractivity contribution in [3.63, 3.8) is 0 Å². The van der Waals surface area contributed by atoms with Crippen LogP contribution < -0.4 is 0 Å². The van der Waals surface area contributed by atoms with Gasteiger partial charge in [-0.1, -0.05) is 45.1 Å². The molecular weight excluding hydrogens is 188 g/mol. The van der Waals surface area contributed by atoms with Gasteiger partial charge in [0.2, 0.25) is 0 Å². The molecule has 15 heavy (non-hydrogen) atoms. The van der Waals surface area contributed by atoms with Crippen molar-refractivity contribution >= 4 is 5.97 Å². The third-order valence-corrected chi connectivity index (χ3v) is 1.97. The standard InChI is InChI=1S/C13H22O2/c1-13(2,3)11-9-7-5-4-6-8-10-12(14)15/h4-7H,8-11H2,1-3H3,(H,14,15). The van der Waals surface area contributed by atoms with Crippen LogP contribution >= 0.6 is 0 Å². The van der Waals surface area contributed by atoms with Gasteiger partial charge in [-0.25, -0.2) is 0 Å². The summed E-state index contributed by atoms with van der Waals surface area (Å²) in [6, 6.07) is 0. The summed E-state index contributed by atoms with van der Waals surface area (Å²) in [7, 11) is 0. The first-order chi connectivity index (χ1) is 6.92. The monoisotopic (exact) mass is 210 g/mol. The van der Waals surface area contributed by atoms with Crippen molar-refractivity contribution in [3.8, 4) is 0 Å². The van der Waals surface area contributed by atoms with E-state index in [2.05, 4.69) is 26.8 Å². The highest BCUT2D eigenvalue weighted by Crippen LogP contribution is 2.20. The number of rotatable bonds is 6. The molecule has 0 aliphatic heterocycles. The summed E-state index contributed by atoms with van der Waals surface area (Å²) in [6.45, 7) is 6.68. The fourth-order valence-electron chi connectivity index (χ4n) is 1.07. The molecule has 0 aromatic carbocycles. The Kier molecular flexibility index (Phi) is 6.76. The van der Waals surface area contributed by atoms with Crippen molar-refractivity contribution in [1.82, 2.24) is 0 Å². The first-order valence-electron chi connectivity index (χ1n) is 5.45. The largest absolute Gasteiger partial charge is 0.481 e. The maximum Gasteiger partial charge on any atom is 0.303 e. The molecule has 0 aromatic rings. The van der Waals surface area contributed by atoms with E-state index in [-0.39, 0.29) is 6.42 Å². The summed E-state index contributed by atoms with van der Waals surface area (Å²) in [5.74, 6) is -0.739. The summed E-state index contributed by atoms with van der Waals surface area (Å²) in [4.78, 5) is 10.2. The minimum Gasteiger partial charge on any atom is -0.481 e. The molecule has 0 atom stereocenters. The van der Waals surface area contributed by atoms with E-state index in [4.69, 9.17) is 5.11 Å². The zero-order valence-electron chi connectivity index (χ0n) is 9.99. The van der Waals surface area contributed by atoms with Crippen molar-refractivity contribution in [2.75, 3.05) is 0 Å². The van der Waals surface area contributed by atoms with E-state index in [0.717, 1.165) is 6.42 Å². The second-order valence-electron chi connectivity index (χ2n) is 4.89. The van der Waals surface area contributed by atoms with Gasteiger partial charge in [0, 0.05) is 6.42 Å². The molecule has 0 radical (unpaired) electrons. The molecule has 2 heteroatoms. The second kappa shape index (κ2) is 7.27. The van der Waals surface area contributed by atoms with Crippen molar-refractivity contribution in [3.05, 3.63) is 24.3 Å². The summed E-state index contributed by atoms with van der Waals surface area (Å²) < 4.78 is 0. The average molecular weight is 210 g/mol. The Morgan fingerprint density at radius 1 is 1.13 bits per heavy atom. The topological polar surface area (TPSA) is 37.3 Å². The van der Waals surface area contributed by atoms with Crippen molar-refractivity contribution in [2.24, 2.45) is 5.41 Å². The summed E-state index contributed by atoms with van der Waals surface area (Å²) in [6.07, 6.45) is 11.0. The van der Waals surface area contributed by atoms with Crippen LogP contribution in [0.2, 0.25) is 0 Å². The van der Waals surface area contributed by atoms with Crippen LogP contribution in [0, 0.1) is 5.41 Å². The molecule has 0 heterocycles. The van der Waals surface area contributed by atoms with Crippen LogP contribution in [0.15, 0.2) is 24.3 Å². The van der Waals surface area contributed by atoms with Gasteiger partial charge in [-0.15, -0.1) is 0 Å². The van der Waals surface area contributed by atoms with E-state index < -0.39 is 5.97 Å². The molecule has 0 unspecified atom stereocenters. The first-order valence-corrected chi connectivity index (χ1v) is 5.45. The van der Waals surface area contributed by atoms with Gasteiger partial charge in [0.25, 0.3) is 0 Å².